The summed E-state index contributed by atoms with van der Waals surface area (Å²) in [7, 11) is 0. The van der Waals surface area contributed by atoms with E-state index in [0.29, 0.717) is 33.8 Å². The number of phenolic OH excluding ortho intramolecular Hbond substituents is 2. The van der Waals surface area contributed by atoms with Crippen LogP contribution in [0, 0.1) is 49.4 Å². The average molecular weight is 508 g/mol. The van der Waals surface area contributed by atoms with Gasteiger partial charge < -0.3 is 21.1 Å². The van der Waals surface area contributed by atoms with Crippen molar-refractivity contribution in [3.8, 4) is 23.0 Å². The maximum absolute atomic E-state index is 12.5. The molecule has 0 unspecified atom stereocenters. The molecule has 131 valence electrons. The van der Waals surface area contributed by atoms with Crippen LogP contribution in [0.3, 0.4) is 0 Å². The molecule has 0 saturated carbocycles. The van der Waals surface area contributed by atoms with Gasteiger partial charge in [-0.05, 0) is 30.3 Å². The Labute approximate surface area is 219 Å². The van der Waals surface area contributed by atoms with Crippen LogP contribution in [-0.2, 0) is 10.3 Å². The monoisotopic (exact) mass is 509 g/mol. The molecule has 1 radical (unpaired) electrons. The third-order valence-corrected chi connectivity index (χ3v) is 4.68. The smallest absolute Gasteiger partial charge is 1.00 e. The predicted molar refractivity (Wildman–Crippen MR) is 89.1 cm³/mol. The van der Waals surface area contributed by atoms with E-state index in [0.717, 1.165) is 0 Å². The number of ether oxygens (including phenoxy) is 2. The fraction of sp³-hybridized carbons (Fsp3) is 0.0500. The van der Waals surface area contributed by atoms with Crippen LogP contribution in [0.2, 0.25) is 0 Å². The van der Waals surface area contributed by atoms with Crippen LogP contribution in [-0.4, -0.2) is 16.2 Å². The van der Waals surface area contributed by atoms with E-state index in [1.807, 2.05) is 12.1 Å². The Morgan fingerprint density at radius 1 is 0.815 bits per heavy atom. The quantitative estimate of drug-likeness (QED) is 0.347. The molecule has 0 aromatic heterocycles. The van der Waals surface area contributed by atoms with Gasteiger partial charge in [-0.1, -0.05) is 18.2 Å². The Hall–Kier alpha value is -0.886. The second kappa shape index (κ2) is 7.50. The molecule has 0 amide bonds. The Bertz CT molecular complexity index is 1020. The number of fused-ring (bicyclic) bond motifs is 6. The molecule has 0 fully saturated rings. The first-order valence-electron chi connectivity index (χ1n) is 7.77. The molecule has 5 rings (SSSR count). The molecule has 0 atom stereocenters. The van der Waals surface area contributed by atoms with E-state index in [1.54, 1.807) is 24.3 Å². The molecule has 0 saturated heterocycles. The average Bonchev–Trinajstić information content (AvgIpc) is 2.88. The number of carbonyl (C=O) groups is 1. The maximum Gasteiger partial charge on any atom is 1.00 e. The summed E-state index contributed by atoms with van der Waals surface area (Å²) in [5, 5.41) is 19.7. The van der Waals surface area contributed by atoms with E-state index in [1.165, 1.54) is 24.3 Å². The predicted octanol–water partition coefficient (Wildman–Crippen LogP) is 0.782. The maximum atomic E-state index is 12.5. The zero-order valence-corrected chi connectivity index (χ0v) is 18.7. The molecule has 2 aliphatic heterocycles. The molecule has 1 spiro atoms. The first-order valence-corrected chi connectivity index (χ1v) is 7.77. The van der Waals surface area contributed by atoms with Gasteiger partial charge >= 0.3 is 35.5 Å². The summed E-state index contributed by atoms with van der Waals surface area (Å²) in [5.41, 5.74) is 1.28. The zero-order chi connectivity index (χ0) is 17.2. The van der Waals surface area contributed by atoms with Crippen LogP contribution in [0.5, 0.6) is 23.0 Å². The second-order valence-corrected chi connectivity index (χ2v) is 6.08. The van der Waals surface area contributed by atoms with Crippen LogP contribution >= 0.6 is 0 Å². The van der Waals surface area contributed by atoms with Gasteiger partial charge in [0.2, 0.25) is 0 Å². The first kappa shape index (κ1) is 20.8. The van der Waals surface area contributed by atoms with Crippen molar-refractivity contribution < 1.29 is 105 Å². The largest absolute Gasteiger partial charge is 1.00 e. The fourth-order valence-electron chi connectivity index (χ4n) is 3.65. The van der Waals surface area contributed by atoms with Gasteiger partial charge in [0.15, 0.2) is 5.60 Å². The molecule has 2 heterocycles. The van der Waals surface area contributed by atoms with Crippen LogP contribution in [0.4, 0.5) is 0 Å². The van der Waals surface area contributed by atoms with Crippen molar-refractivity contribution in [2.24, 2.45) is 0 Å². The van der Waals surface area contributed by atoms with Gasteiger partial charge in [0.05, 0.1) is 5.56 Å². The summed E-state index contributed by atoms with van der Waals surface area (Å²) in [5.74, 6) is 0.408. The molecule has 0 aliphatic carbocycles. The molecule has 2 aliphatic rings. The number of aromatic hydroxyl groups is 2. The van der Waals surface area contributed by atoms with Gasteiger partial charge in [-0.15, -0.1) is 0 Å². The number of benzene rings is 3. The Balaban J connectivity index is 0.000000934. The number of phenols is 2. The SMILES string of the molecule is O=C1OC2(c3ccc(O)cc3Oc3cc(O)ccc32)c2ccccc21.[Eu].[H-].[Na+]. The van der Waals surface area contributed by atoms with Crippen molar-refractivity contribution in [2.75, 3.05) is 0 Å². The van der Waals surface area contributed by atoms with Crippen LogP contribution in [0.1, 0.15) is 28.5 Å². The van der Waals surface area contributed by atoms with E-state index in [9.17, 15) is 15.0 Å². The molecule has 27 heavy (non-hydrogen) atoms. The number of rotatable bonds is 0. The molecule has 3 aromatic carbocycles. The van der Waals surface area contributed by atoms with E-state index >= 15 is 0 Å². The van der Waals surface area contributed by atoms with Crippen molar-refractivity contribution in [1.29, 1.82) is 0 Å². The molecule has 0 bridgehead atoms. The summed E-state index contributed by atoms with van der Waals surface area (Å²) < 4.78 is 11.8. The summed E-state index contributed by atoms with van der Waals surface area (Å²) in [6, 6.07) is 16.6. The standard InChI is InChI=1S/C20H12O5.Eu.Na.H/c21-11-5-7-15-17(9-11)24-18-10-12(22)6-8-16(18)20(15)14-4-2-1-3-13(14)19(23)25-20;;;/h1-10,21-22H;;;/q;;+1;-1. The molecular formula is C20H13EuNaO5. The Morgan fingerprint density at radius 2 is 1.37 bits per heavy atom. The van der Waals surface area contributed by atoms with Gasteiger partial charge in [0.25, 0.3) is 0 Å². The summed E-state index contributed by atoms with van der Waals surface area (Å²) in [6.45, 7) is 0. The summed E-state index contributed by atoms with van der Waals surface area (Å²) in [4.78, 5) is 12.5. The van der Waals surface area contributed by atoms with Gasteiger partial charge in [-0.25, -0.2) is 4.79 Å². The van der Waals surface area contributed by atoms with E-state index in [4.69, 9.17) is 9.47 Å². The fourth-order valence-corrected chi connectivity index (χ4v) is 3.65. The molecule has 5 nitrogen and oxygen atoms in total. The van der Waals surface area contributed by atoms with E-state index in [-0.39, 0.29) is 91.9 Å². The number of hydrogen-bond acceptors (Lipinski definition) is 5. The minimum atomic E-state index is -1.17. The van der Waals surface area contributed by atoms with Crippen molar-refractivity contribution in [2.45, 2.75) is 5.60 Å². The Kier molecular flexibility index (Phi) is 5.79. The summed E-state index contributed by atoms with van der Waals surface area (Å²) in [6.07, 6.45) is 0. The molecule has 3 aromatic rings. The van der Waals surface area contributed by atoms with Gasteiger partial charge in [0, 0.05) is 78.2 Å². The van der Waals surface area contributed by atoms with Gasteiger partial charge in [-0.2, -0.15) is 0 Å². The minimum absolute atomic E-state index is 0. The van der Waals surface area contributed by atoms with Crippen LogP contribution < -0.4 is 34.3 Å². The van der Waals surface area contributed by atoms with Crippen LogP contribution in [0.25, 0.3) is 0 Å². The number of hydrogen-bond donors (Lipinski definition) is 2. The summed E-state index contributed by atoms with van der Waals surface area (Å²) >= 11 is 0. The van der Waals surface area contributed by atoms with Crippen molar-refractivity contribution in [3.05, 3.63) is 82.9 Å². The molecular weight excluding hydrogens is 495 g/mol. The van der Waals surface area contributed by atoms with Crippen molar-refractivity contribution in [3.63, 3.8) is 0 Å². The zero-order valence-electron chi connectivity index (χ0n) is 15.3. The topological polar surface area (TPSA) is 76.0 Å². The molecule has 2 N–H and O–H groups in total. The van der Waals surface area contributed by atoms with E-state index < -0.39 is 11.6 Å². The minimum Gasteiger partial charge on any atom is -1.00 e. The van der Waals surface area contributed by atoms with Crippen molar-refractivity contribution >= 4 is 5.97 Å². The van der Waals surface area contributed by atoms with Crippen molar-refractivity contribution in [1.82, 2.24) is 0 Å². The first-order chi connectivity index (χ1) is 12.1. The van der Waals surface area contributed by atoms with Crippen LogP contribution in [0.15, 0.2) is 60.7 Å². The number of carbonyl (C=O) groups excluding carboxylic acids is 1. The van der Waals surface area contributed by atoms with E-state index in [2.05, 4.69) is 0 Å². The van der Waals surface area contributed by atoms with Gasteiger partial charge in [0.1, 0.15) is 23.0 Å². The third kappa shape index (κ3) is 2.98. The third-order valence-electron chi connectivity index (χ3n) is 4.68. The molecule has 7 heteroatoms. The Morgan fingerprint density at radius 3 is 1.96 bits per heavy atom. The van der Waals surface area contributed by atoms with Gasteiger partial charge in [-0.3, -0.25) is 0 Å². The number of esters is 1. The second-order valence-electron chi connectivity index (χ2n) is 6.08. The normalized spacial score (nSPS) is 14.6.